The molecule has 7 nitrogen and oxygen atoms in total. The van der Waals surface area contributed by atoms with Crippen LogP contribution in [0.25, 0.3) is 10.9 Å². The van der Waals surface area contributed by atoms with E-state index in [0.29, 0.717) is 17.4 Å². The number of nitrogens with one attached hydrogen (secondary N) is 1. The van der Waals surface area contributed by atoms with Crippen LogP contribution in [0, 0.1) is 0 Å². The van der Waals surface area contributed by atoms with Crippen molar-refractivity contribution in [2.45, 2.75) is 25.4 Å². The van der Waals surface area contributed by atoms with Crippen molar-refractivity contribution in [3.05, 3.63) is 63.1 Å². The molecule has 0 aliphatic heterocycles. The van der Waals surface area contributed by atoms with E-state index >= 15 is 0 Å². The van der Waals surface area contributed by atoms with Gasteiger partial charge >= 0.3 is 5.97 Å². The summed E-state index contributed by atoms with van der Waals surface area (Å²) in [7, 11) is 1.32. The molecule has 0 aliphatic rings. The number of thiophene rings is 1. The minimum Gasteiger partial charge on any atom is -0.469 e. The first-order chi connectivity index (χ1) is 13.1. The Kier molecular flexibility index (Phi) is 5.97. The summed E-state index contributed by atoms with van der Waals surface area (Å²) >= 11 is 1.47. The molecule has 2 aromatic heterocycles. The van der Waals surface area contributed by atoms with Crippen LogP contribution in [0.4, 0.5) is 0 Å². The molecule has 1 aromatic carbocycles. The first-order valence-corrected chi connectivity index (χ1v) is 9.31. The molecule has 0 aliphatic carbocycles. The normalized spacial score (nSPS) is 11.9. The zero-order valence-electron chi connectivity index (χ0n) is 14.8. The Bertz CT molecular complexity index is 998. The number of ether oxygens (including phenoxy) is 1. The van der Waals surface area contributed by atoms with E-state index in [1.807, 2.05) is 23.6 Å². The molecule has 1 N–H and O–H groups in total. The molecule has 0 saturated carbocycles. The second-order valence-electron chi connectivity index (χ2n) is 5.91. The van der Waals surface area contributed by atoms with Crippen molar-refractivity contribution in [1.82, 2.24) is 15.1 Å². The van der Waals surface area contributed by atoms with Gasteiger partial charge in [0.1, 0.15) is 0 Å². The Morgan fingerprint density at radius 2 is 2.07 bits per heavy atom. The summed E-state index contributed by atoms with van der Waals surface area (Å²) in [5.74, 6) is -0.594. The van der Waals surface area contributed by atoms with Gasteiger partial charge in [0.2, 0.25) is 11.3 Å². The van der Waals surface area contributed by atoms with E-state index in [1.165, 1.54) is 24.6 Å². The molecule has 1 unspecified atom stereocenters. The van der Waals surface area contributed by atoms with E-state index in [4.69, 9.17) is 4.74 Å². The average Bonchev–Trinajstić information content (AvgIpc) is 3.22. The minimum absolute atomic E-state index is 0.0714. The minimum atomic E-state index is -0.427. The van der Waals surface area contributed by atoms with Gasteiger partial charge in [-0.1, -0.05) is 18.2 Å². The molecule has 2 heterocycles. The number of hydrogen-bond donors (Lipinski definition) is 1. The van der Waals surface area contributed by atoms with Crippen molar-refractivity contribution in [1.29, 1.82) is 0 Å². The third-order valence-corrected chi connectivity index (χ3v) is 5.12. The summed E-state index contributed by atoms with van der Waals surface area (Å²) < 4.78 is 6.36. The highest BCUT2D eigenvalue weighted by molar-refractivity contribution is 7.10. The summed E-state index contributed by atoms with van der Waals surface area (Å²) in [4.78, 5) is 36.8. The summed E-state index contributed by atoms with van der Waals surface area (Å²) in [6, 6.07) is 10.5. The fourth-order valence-electron chi connectivity index (χ4n) is 2.78. The lowest BCUT2D eigenvalue weighted by Gasteiger charge is -2.17. The summed E-state index contributed by atoms with van der Waals surface area (Å²) in [5.41, 5.74) is 0.532. The number of esters is 1. The highest BCUT2D eigenvalue weighted by Crippen LogP contribution is 2.22. The van der Waals surface area contributed by atoms with Gasteiger partial charge < -0.3 is 10.1 Å². The lowest BCUT2D eigenvalue weighted by molar-refractivity contribution is -0.141. The Morgan fingerprint density at radius 1 is 1.26 bits per heavy atom. The lowest BCUT2D eigenvalue weighted by Crippen LogP contribution is -2.31. The fraction of sp³-hybridized carbons (Fsp3) is 0.263. The monoisotopic (exact) mass is 385 g/mol. The Hall–Kier alpha value is -3.00. The second-order valence-corrected chi connectivity index (χ2v) is 6.89. The number of carbonyl (C=O) groups excluding carboxylic acids is 2. The predicted molar refractivity (Wildman–Crippen MR) is 102 cm³/mol. The van der Waals surface area contributed by atoms with Gasteiger partial charge in [-0.05, 0) is 23.6 Å². The van der Waals surface area contributed by atoms with Crippen LogP contribution in [0.1, 0.15) is 23.8 Å². The van der Waals surface area contributed by atoms with Gasteiger partial charge in [-0.25, -0.2) is 0 Å². The molecule has 0 fully saturated rings. The molecule has 0 spiro atoms. The maximum atomic E-state index is 12.4. The van der Waals surface area contributed by atoms with Gasteiger partial charge in [-0.15, -0.1) is 11.3 Å². The number of para-hydroxylation sites is 1. The van der Waals surface area contributed by atoms with Crippen LogP contribution in [-0.2, 0) is 20.9 Å². The molecule has 1 amide bonds. The topological polar surface area (TPSA) is 90.3 Å². The van der Waals surface area contributed by atoms with E-state index in [0.717, 1.165) is 4.88 Å². The van der Waals surface area contributed by atoms with Crippen molar-refractivity contribution in [2.75, 3.05) is 7.11 Å². The first-order valence-electron chi connectivity index (χ1n) is 8.43. The standard InChI is InChI=1S/C19H19N3O4S/c1-26-19(25)11-14(17-7-4-10-27-17)21-18(24)8-9-22-15-6-3-2-5-13(15)16(23)12-20-22/h2-7,10,12,14H,8-9,11H2,1H3,(H,21,24). The molecule has 1 atom stereocenters. The third-order valence-electron chi connectivity index (χ3n) is 4.13. The average molecular weight is 385 g/mol. The number of rotatable bonds is 7. The van der Waals surface area contributed by atoms with Crippen LogP contribution in [-0.4, -0.2) is 28.8 Å². The van der Waals surface area contributed by atoms with Crippen LogP contribution in [0.5, 0.6) is 0 Å². The highest BCUT2D eigenvalue weighted by Gasteiger charge is 2.20. The zero-order chi connectivity index (χ0) is 19.2. The van der Waals surface area contributed by atoms with Crippen LogP contribution in [0.3, 0.4) is 0 Å². The van der Waals surface area contributed by atoms with Gasteiger partial charge in [-0.3, -0.25) is 19.1 Å². The van der Waals surface area contributed by atoms with E-state index in [-0.39, 0.29) is 30.1 Å². The highest BCUT2D eigenvalue weighted by atomic mass is 32.1. The number of amides is 1. The molecule has 3 rings (SSSR count). The summed E-state index contributed by atoms with van der Waals surface area (Å²) in [6.07, 6.45) is 1.50. The number of methoxy groups -OCH3 is 1. The van der Waals surface area contributed by atoms with Crippen molar-refractivity contribution in [3.8, 4) is 0 Å². The van der Waals surface area contributed by atoms with Gasteiger partial charge in [0, 0.05) is 16.7 Å². The molecule has 0 saturated heterocycles. The number of aromatic nitrogens is 2. The molecule has 0 radical (unpaired) electrons. The van der Waals surface area contributed by atoms with E-state index in [9.17, 15) is 14.4 Å². The fourth-order valence-corrected chi connectivity index (χ4v) is 3.55. The van der Waals surface area contributed by atoms with Crippen molar-refractivity contribution >= 4 is 34.1 Å². The zero-order valence-corrected chi connectivity index (χ0v) is 15.6. The predicted octanol–water partition coefficient (Wildman–Crippen LogP) is 2.27. The van der Waals surface area contributed by atoms with Gasteiger partial charge in [0.05, 0.1) is 37.8 Å². The number of fused-ring (bicyclic) bond motifs is 1. The van der Waals surface area contributed by atoms with Crippen LogP contribution >= 0.6 is 11.3 Å². The van der Waals surface area contributed by atoms with E-state index in [1.54, 1.807) is 22.9 Å². The Morgan fingerprint density at radius 3 is 2.81 bits per heavy atom. The number of carbonyl (C=O) groups is 2. The molecule has 140 valence electrons. The van der Waals surface area contributed by atoms with Crippen LogP contribution in [0.2, 0.25) is 0 Å². The van der Waals surface area contributed by atoms with Crippen LogP contribution in [0.15, 0.2) is 52.8 Å². The number of aryl methyl sites for hydroxylation is 1. The molecular formula is C19H19N3O4S. The van der Waals surface area contributed by atoms with E-state index in [2.05, 4.69) is 10.4 Å². The van der Waals surface area contributed by atoms with E-state index < -0.39 is 6.04 Å². The number of nitrogens with zero attached hydrogens (tertiary/aromatic N) is 2. The summed E-state index contributed by atoms with van der Waals surface area (Å²) in [6.45, 7) is 0.321. The largest absolute Gasteiger partial charge is 0.469 e. The van der Waals surface area contributed by atoms with Crippen molar-refractivity contribution in [3.63, 3.8) is 0 Å². The number of benzene rings is 1. The lowest BCUT2D eigenvalue weighted by atomic mass is 10.1. The SMILES string of the molecule is COC(=O)CC(NC(=O)CCn1ncc(=O)c2ccccc21)c1cccs1. The summed E-state index contributed by atoms with van der Waals surface area (Å²) in [5, 5.41) is 9.46. The number of hydrogen-bond acceptors (Lipinski definition) is 6. The molecule has 27 heavy (non-hydrogen) atoms. The second kappa shape index (κ2) is 8.59. The van der Waals surface area contributed by atoms with Crippen molar-refractivity contribution < 1.29 is 14.3 Å². The molecule has 3 aromatic rings. The molecular weight excluding hydrogens is 366 g/mol. The maximum Gasteiger partial charge on any atom is 0.307 e. The third kappa shape index (κ3) is 4.59. The smallest absolute Gasteiger partial charge is 0.307 e. The molecule has 8 heteroatoms. The Balaban J connectivity index is 1.69. The van der Waals surface area contributed by atoms with Gasteiger partial charge in [-0.2, -0.15) is 5.10 Å². The van der Waals surface area contributed by atoms with Crippen molar-refractivity contribution in [2.24, 2.45) is 0 Å². The molecule has 0 bridgehead atoms. The van der Waals surface area contributed by atoms with Crippen LogP contribution < -0.4 is 10.7 Å². The quantitative estimate of drug-likeness (QED) is 0.630. The maximum absolute atomic E-state index is 12.4. The first kappa shape index (κ1) is 18.8. The van der Waals surface area contributed by atoms with Gasteiger partial charge in [0.25, 0.3) is 0 Å². The Labute approximate surface area is 159 Å². The van der Waals surface area contributed by atoms with Gasteiger partial charge in [0.15, 0.2) is 0 Å².